The molecule has 1 aromatic carbocycles. The fourth-order valence-corrected chi connectivity index (χ4v) is 4.17. The molecule has 3 atom stereocenters. The number of imidazole rings is 1. The van der Waals surface area contributed by atoms with Crippen molar-refractivity contribution in [2.24, 2.45) is 0 Å². The third-order valence-corrected chi connectivity index (χ3v) is 5.32. The average molecular weight is 366 g/mol. The van der Waals surface area contributed by atoms with Crippen molar-refractivity contribution in [2.75, 3.05) is 26.3 Å². The number of rotatable bonds is 4. The maximum Gasteiger partial charge on any atom is 0.140 e. The molecule has 2 saturated heterocycles. The van der Waals surface area contributed by atoms with Crippen molar-refractivity contribution in [1.82, 2.24) is 14.5 Å². The zero-order valence-electron chi connectivity index (χ0n) is 13.8. The second-order valence-electron chi connectivity index (χ2n) is 6.78. The minimum Gasteiger partial charge on any atom is -0.396 e. The first-order valence-corrected chi connectivity index (χ1v) is 8.97. The Balaban J connectivity index is 1.55. The molecule has 2 aliphatic rings. The van der Waals surface area contributed by atoms with Crippen molar-refractivity contribution in [1.29, 1.82) is 0 Å². The third kappa shape index (κ3) is 3.44. The van der Waals surface area contributed by atoms with Crippen LogP contribution >= 0.6 is 11.6 Å². The van der Waals surface area contributed by atoms with Crippen LogP contribution in [0.15, 0.2) is 30.6 Å². The molecule has 0 bridgehead atoms. The van der Waals surface area contributed by atoms with Gasteiger partial charge in [0.25, 0.3) is 0 Å². The Labute approximate surface area is 151 Å². The van der Waals surface area contributed by atoms with Gasteiger partial charge in [0, 0.05) is 54.8 Å². The SMILES string of the molecule is OCC[C@H]1CN2C[C@H](n3ccnc3-c3cc(F)cc(Cl)c3)C[C@H]2CO1. The van der Waals surface area contributed by atoms with Gasteiger partial charge in [0.2, 0.25) is 0 Å². The van der Waals surface area contributed by atoms with E-state index in [1.54, 1.807) is 12.3 Å². The van der Waals surface area contributed by atoms with Gasteiger partial charge in [0.1, 0.15) is 11.6 Å². The van der Waals surface area contributed by atoms with Crippen molar-refractivity contribution in [3.63, 3.8) is 0 Å². The van der Waals surface area contributed by atoms with Gasteiger partial charge in [0.15, 0.2) is 0 Å². The molecular weight excluding hydrogens is 345 g/mol. The van der Waals surface area contributed by atoms with E-state index in [0.717, 1.165) is 25.3 Å². The maximum absolute atomic E-state index is 13.7. The molecule has 2 fully saturated rings. The van der Waals surface area contributed by atoms with Gasteiger partial charge < -0.3 is 14.4 Å². The van der Waals surface area contributed by atoms with Crippen LogP contribution in [0.1, 0.15) is 18.9 Å². The Kier molecular flexibility index (Phi) is 4.78. The van der Waals surface area contributed by atoms with Crippen LogP contribution in [-0.4, -0.2) is 58.0 Å². The van der Waals surface area contributed by atoms with Gasteiger partial charge in [-0.05, 0) is 31.0 Å². The van der Waals surface area contributed by atoms with Crippen molar-refractivity contribution in [2.45, 2.75) is 31.0 Å². The lowest BCUT2D eigenvalue weighted by Gasteiger charge is -2.34. The summed E-state index contributed by atoms with van der Waals surface area (Å²) in [7, 11) is 0. The van der Waals surface area contributed by atoms with Gasteiger partial charge in [-0.1, -0.05) is 11.6 Å². The molecule has 0 amide bonds. The van der Waals surface area contributed by atoms with Crippen molar-refractivity contribution in [3.8, 4) is 11.4 Å². The summed E-state index contributed by atoms with van der Waals surface area (Å²) in [6.07, 6.45) is 5.44. The Morgan fingerprint density at radius 2 is 2.16 bits per heavy atom. The van der Waals surface area contributed by atoms with Crippen LogP contribution < -0.4 is 0 Å². The van der Waals surface area contributed by atoms with Gasteiger partial charge in [-0.15, -0.1) is 0 Å². The summed E-state index contributed by atoms with van der Waals surface area (Å²) >= 11 is 6.00. The number of morpholine rings is 1. The van der Waals surface area contributed by atoms with Crippen molar-refractivity contribution < 1.29 is 14.2 Å². The molecule has 0 spiro atoms. The van der Waals surface area contributed by atoms with E-state index in [4.69, 9.17) is 21.4 Å². The molecular formula is C18H21ClFN3O2. The highest BCUT2D eigenvalue weighted by atomic mass is 35.5. The number of benzene rings is 1. The Hall–Kier alpha value is -1.47. The Bertz CT molecular complexity index is 733. The van der Waals surface area contributed by atoms with Crippen LogP contribution in [0.25, 0.3) is 11.4 Å². The molecule has 2 aromatic rings. The highest BCUT2D eigenvalue weighted by molar-refractivity contribution is 6.30. The Morgan fingerprint density at radius 3 is 2.96 bits per heavy atom. The normalized spacial score (nSPS) is 26.8. The smallest absolute Gasteiger partial charge is 0.140 e. The summed E-state index contributed by atoms with van der Waals surface area (Å²) in [5.74, 6) is 0.375. The molecule has 5 nitrogen and oxygen atoms in total. The molecule has 7 heteroatoms. The first-order chi connectivity index (χ1) is 12.1. The van der Waals surface area contributed by atoms with E-state index in [1.807, 2.05) is 6.20 Å². The maximum atomic E-state index is 13.7. The zero-order chi connectivity index (χ0) is 17.4. The fourth-order valence-electron chi connectivity index (χ4n) is 3.95. The monoisotopic (exact) mass is 365 g/mol. The molecule has 1 N–H and O–H groups in total. The van der Waals surface area contributed by atoms with E-state index in [0.29, 0.717) is 29.7 Å². The average Bonchev–Trinajstić information content (AvgIpc) is 3.20. The predicted molar refractivity (Wildman–Crippen MR) is 93.1 cm³/mol. The van der Waals surface area contributed by atoms with E-state index in [1.165, 1.54) is 12.1 Å². The van der Waals surface area contributed by atoms with E-state index < -0.39 is 0 Å². The first-order valence-electron chi connectivity index (χ1n) is 8.60. The molecule has 25 heavy (non-hydrogen) atoms. The quantitative estimate of drug-likeness (QED) is 0.905. The highest BCUT2D eigenvalue weighted by Gasteiger charge is 2.38. The lowest BCUT2D eigenvalue weighted by Crippen LogP contribution is -2.46. The molecule has 134 valence electrons. The fraction of sp³-hybridized carbons (Fsp3) is 0.500. The first kappa shape index (κ1) is 17.0. The predicted octanol–water partition coefficient (Wildman–Crippen LogP) is 2.74. The minimum atomic E-state index is -0.360. The second kappa shape index (κ2) is 7.03. The van der Waals surface area contributed by atoms with Crippen molar-refractivity contribution >= 4 is 11.6 Å². The van der Waals surface area contributed by atoms with E-state index in [9.17, 15) is 4.39 Å². The summed E-state index contributed by atoms with van der Waals surface area (Å²) in [6.45, 7) is 2.59. The number of hydrogen-bond donors (Lipinski definition) is 1. The zero-order valence-corrected chi connectivity index (χ0v) is 14.6. The summed E-state index contributed by atoms with van der Waals surface area (Å²) in [5, 5.41) is 9.49. The molecule has 4 rings (SSSR count). The van der Waals surface area contributed by atoms with Crippen LogP contribution in [0.5, 0.6) is 0 Å². The number of hydrogen-bond acceptors (Lipinski definition) is 4. The van der Waals surface area contributed by atoms with E-state index >= 15 is 0 Å². The minimum absolute atomic E-state index is 0.101. The number of halogens is 2. The second-order valence-corrected chi connectivity index (χ2v) is 7.22. The summed E-state index contributed by atoms with van der Waals surface area (Å²) in [6, 6.07) is 5.15. The number of ether oxygens (including phenoxy) is 1. The van der Waals surface area contributed by atoms with Crippen molar-refractivity contribution in [3.05, 3.63) is 41.4 Å². The number of aliphatic hydroxyl groups is 1. The number of aliphatic hydroxyl groups excluding tert-OH is 1. The summed E-state index contributed by atoms with van der Waals surface area (Å²) in [4.78, 5) is 6.86. The topological polar surface area (TPSA) is 50.5 Å². The number of nitrogens with zero attached hydrogens (tertiary/aromatic N) is 3. The van der Waals surface area contributed by atoms with Gasteiger partial charge >= 0.3 is 0 Å². The Morgan fingerprint density at radius 1 is 1.28 bits per heavy atom. The van der Waals surface area contributed by atoms with Gasteiger partial charge in [0.05, 0.1) is 12.7 Å². The van der Waals surface area contributed by atoms with E-state index in [2.05, 4.69) is 14.5 Å². The van der Waals surface area contributed by atoms with Gasteiger partial charge in [-0.2, -0.15) is 0 Å². The van der Waals surface area contributed by atoms with Gasteiger partial charge in [-0.25, -0.2) is 9.37 Å². The molecule has 3 heterocycles. The number of aromatic nitrogens is 2. The summed E-state index contributed by atoms with van der Waals surface area (Å²) in [5.41, 5.74) is 0.689. The highest BCUT2D eigenvalue weighted by Crippen LogP contribution is 2.34. The number of fused-ring (bicyclic) bond motifs is 1. The van der Waals surface area contributed by atoms with Crippen LogP contribution in [0.4, 0.5) is 4.39 Å². The van der Waals surface area contributed by atoms with Crippen LogP contribution in [0.2, 0.25) is 5.02 Å². The standard InChI is InChI=1S/C18H21ClFN3O2/c19-13-5-12(6-14(20)7-13)18-21-2-3-23(18)15-8-16-11-25-17(1-4-24)10-22(16)9-15/h2-3,5-7,15-17,24H,1,4,8-11H2/t15-,16+,17+/m1/s1. The molecule has 2 aliphatic heterocycles. The summed E-state index contributed by atoms with van der Waals surface area (Å²) < 4.78 is 21.7. The molecule has 0 aliphatic carbocycles. The largest absolute Gasteiger partial charge is 0.396 e. The van der Waals surface area contributed by atoms with Crippen LogP contribution in [0, 0.1) is 5.82 Å². The van der Waals surface area contributed by atoms with Crippen LogP contribution in [-0.2, 0) is 4.74 Å². The van der Waals surface area contributed by atoms with Crippen LogP contribution in [0.3, 0.4) is 0 Å². The molecule has 0 unspecified atom stereocenters. The lowest BCUT2D eigenvalue weighted by atomic mass is 10.1. The van der Waals surface area contributed by atoms with E-state index in [-0.39, 0.29) is 24.6 Å². The third-order valence-electron chi connectivity index (χ3n) is 5.10. The van der Waals surface area contributed by atoms with Gasteiger partial charge in [-0.3, -0.25) is 4.90 Å². The molecule has 0 radical (unpaired) electrons. The lowest BCUT2D eigenvalue weighted by molar-refractivity contribution is -0.0567. The molecule has 1 aromatic heterocycles. The molecule has 0 saturated carbocycles.